The molecule has 2 fully saturated rings. The summed E-state index contributed by atoms with van der Waals surface area (Å²) >= 11 is 0. The van der Waals surface area contributed by atoms with Crippen LogP contribution in [0.2, 0.25) is 0 Å². The number of hydrogen-bond donors (Lipinski definition) is 2. The van der Waals surface area contributed by atoms with Gasteiger partial charge in [0.2, 0.25) is 0 Å². The highest BCUT2D eigenvalue weighted by atomic mass is 19.1. The number of hydrogen-bond acceptors (Lipinski definition) is 9. The normalized spacial score (nSPS) is 21.4. The summed E-state index contributed by atoms with van der Waals surface area (Å²) in [4.78, 5) is 30.5. The fourth-order valence-electron chi connectivity index (χ4n) is 8.65. The molecule has 2 aromatic carbocycles. The topological polar surface area (TPSA) is 122 Å². The number of aromatic hydroxyl groups is 1. The Bertz CT molecular complexity index is 2240. The van der Waals surface area contributed by atoms with Crippen molar-refractivity contribution in [1.29, 1.82) is 0 Å². The van der Waals surface area contributed by atoms with Gasteiger partial charge < -0.3 is 20.1 Å². The molecule has 0 radical (unpaired) electrons. The number of halogens is 3. The molecular weight excluding hydrogens is 673 g/mol. The first-order chi connectivity index (χ1) is 25.0. The van der Waals surface area contributed by atoms with Crippen LogP contribution < -0.4 is 10.1 Å². The number of ether oxygens (including phenoxy) is 1. The number of pyridine rings is 1. The summed E-state index contributed by atoms with van der Waals surface area (Å²) in [6.07, 6.45) is 5.04. The van der Waals surface area contributed by atoms with Crippen molar-refractivity contribution in [1.82, 2.24) is 34.5 Å². The van der Waals surface area contributed by atoms with E-state index < -0.39 is 23.3 Å². The van der Waals surface area contributed by atoms with E-state index in [0.717, 1.165) is 37.1 Å². The number of carbonyl (C=O) groups is 1. The van der Waals surface area contributed by atoms with Crippen LogP contribution in [0.15, 0.2) is 30.5 Å². The van der Waals surface area contributed by atoms with Crippen molar-refractivity contribution in [3.05, 3.63) is 64.6 Å². The second-order valence-electron chi connectivity index (χ2n) is 14.5. The molecule has 272 valence electrons. The van der Waals surface area contributed by atoms with E-state index in [2.05, 4.69) is 25.3 Å². The highest BCUT2D eigenvalue weighted by Gasteiger charge is 2.49. The Kier molecular flexibility index (Phi) is 8.47. The van der Waals surface area contributed by atoms with Gasteiger partial charge in [-0.25, -0.2) is 13.2 Å². The van der Waals surface area contributed by atoms with Gasteiger partial charge >= 0.3 is 6.01 Å². The van der Waals surface area contributed by atoms with Gasteiger partial charge in [-0.3, -0.25) is 19.4 Å². The predicted molar refractivity (Wildman–Crippen MR) is 190 cm³/mol. The van der Waals surface area contributed by atoms with Crippen LogP contribution in [0.5, 0.6) is 11.8 Å². The minimum absolute atomic E-state index is 0.0801. The monoisotopic (exact) mass is 714 g/mol. The minimum atomic E-state index is -0.955. The molecule has 3 aromatic heterocycles. The zero-order chi connectivity index (χ0) is 36.5. The standard InChI is InChI=1S/C38H41F3N8O3/c1-5-23-27(40)11-10-20-14-22(50)15-25(29(20)23)31-30(41)32-26(17-42-31)35(45-37(44-32)52-19-38-12-7-13-49(38)18-21(39)16-38)43-28-9-6-8-24-33(36(51)47(2)3)46-48(4)34(24)28/h10-11,14-15,17,21,28,50H,5-9,12-13,16,18-19H2,1-4H3,(H,43,44,45)/t21-,28?,38+/m1/s1. The van der Waals surface area contributed by atoms with Crippen molar-refractivity contribution in [3.8, 4) is 23.0 Å². The van der Waals surface area contributed by atoms with Gasteiger partial charge in [0.25, 0.3) is 5.91 Å². The van der Waals surface area contributed by atoms with E-state index in [-0.39, 0.29) is 58.3 Å². The van der Waals surface area contributed by atoms with Crippen LogP contribution >= 0.6 is 0 Å². The van der Waals surface area contributed by atoms with E-state index in [4.69, 9.17) is 9.72 Å². The van der Waals surface area contributed by atoms with Crippen molar-refractivity contribution in [2.24, 2.45) is 7.05 Å². The third-order valence-electron chi connectivity index (χ3n) is 11.0. The molecule has 8 rings (SSSR count). The third-order valence-corrected chi connectivity index (χ3v) is 11.0. The van der Waals surface area contributed by atoms with E-state index in [1.165, 1.54) is 29.3 Å². The number of phenols is 1. The first kappa shape index (κ1) is 34.1. The molecule has 52 heavy (non-hydrogen) atoms. The summed E-state index contributed by atoms with van der Waals surface area (Å²) < 4.78 is 54.7. The number of anilines is 1. The molecule has 3 aliphatic rings. The number of nitrogens with one attached hydrogen (secondary N) is 1. The lowest BCUT2D eigenvalue weighted by Gasteiger charge is -2.31. The van der Waals surface area contributed by atoms with Crippen LogP contribution in [0.25, 0.3) is 32.9 Å². The van der Waals surface area contributed by atoms with Gasteiger partial charge in [-0.1, -0.05) is 13.0 Å². The third kappa shape index (κ3) is 5.58. The molecular formula is C38H41F3N8O3. The number of carbonyl (C=O) groups excluding carboxylic acids is 1. The molecule has 0 bridgehead atoms. The minimum Gasteiger partial charge on any atom is -0.508 e. The van der Waals surface area contributed by atoms with Gasteiger partial charge in [0.05, 0.1) is 22.7 Å². The molecule has 11 nitrogen and oxygen atoms in total. The average molecular weight is 715 g/mol. The SMILES string of the molecule is CCc1c(F)ccc2cc(O)cc(-c3ncc4c(NC5CCCc6c(C(=O)N(C)C)nn(C)c65)nc(OC[C@@]56CCCN5C[C@H](F)C6)nc4c3F)c12. The zero-order valence-electron chi connectivity index (χ0n) is 29.6. The van der Waals surface area contributed by atoms with E-state index in [1.54, 1.807) is 31.9 Å². The Morgan fingerprint density at radius 1 is 1.19 bits per heavy atom. The van der Waals surface area contributed by atoms with Crippen LogP contribution in [-0.4, -0.2) is 91.0 Å². The maximum Gasteiger partial charge on any atom is 0.319 e. The highest BCUT2D eigenvalue weighted by Crippen LogP contribution is 2.42. The summed E-state index contributed by atoms with van der Waals surface area (Å²) in [6.45, 7) is 3.08. The maximum atomic E-state index is 17.0. The molecule has 2 aliphatic heterocycles. The van der Waals surface area contributed by atoms with E-state index >= 15 is 8.78 Å². The Labute approximate surface area is 298 Å². The number of nitrogens with zero attached hydrogens (tertiary/aromatic N) is 7. The molecule has 1 amide bonds. The largest absolute Gasteiger partial charge is 0.508 e. The number of rotatable bonds is 8. The van der Waals surface area contributed by atoms with Crippen molar-refractivity contribution in [3.63, 3.8) is 0 Å². The Hall–Kier alpha value is -4.98. The van der Waals surface area contributed by atoms with Crippen LogP contribution in [0.4, 0.5) is 19.0 Å². The van der Waals surface area contributed by atoms with Gasteiger partial charge in [0.1, 0.15) is 41.4 Å². The van der Waals surface area contributed by atoms with Gasteiger partial charge in [-0.2, -0.15) is 15.1 Å². The second-order valence-corrected chi connectivity index (χ2v) is 14.5. The van der Waals surface area contributed by atoms with Crippen LogP contribution in [0.3, 0.4) is 0 Å². The first-order valence-electron chi connectivity index (χ1n) is 17.8. The van der Waals surface area contributed by atoms with Crippen molar-refractivity contribution >= 4 is 33.4 Å². The summed E-state index contributed by atoms with van der Waals surface area (Å²) in [6, 6.07) is 5.36. The molecule has 2 N–H and O–H groups in total. The van der Waals surface area contributed by atoms with Gasteiger partial charge in [0.15, 0.2) is 11.5 Å². The molecule has 0 saturated carbocycles. The number of amides is 1. The quantitative estimate of drug-likeness (QED) is 0.192. The fourth-order valence-corrected chi connectivity index (χ4v) is 8.65. The molecule has 5 heterocycles. The molecule has 0 spiro atoms. The molecule has 1 aliphatic carbocycles. The van der Waals surface area contributed by atoms with Gasteiger partial charge in [-0.05, 0) is 79.6 Å². The molecule has 3 atom stereocenters. The Balaban J connectivity index is 1.26. The van der Waals surface area contributed by atoms with Crippen molar-refractivity contribution in [2.75, 3.05) is 39.1 Å². The van der Waals surface area contributed by atoms with Gasteiger partial charge in [0, 0.05) is 51.4 Å². The van der Waals surface area contributed by atoms with Crippen LogP contribution in [0, 0.1) is 11.6 Å². The number of phenolic OH excluding ortho intramolecular Hbond substituents is 1. The van der Waals surface area contributed by atoms with E-state index in [0.29, 0.717) is 54.3 Å². The second kappa shape index (κ2) is 12.9. The van der Waals surface area contributed by atoms with Crippen LogP contribution in [0.1, 0.15) is 72.4 Å². The summed E-state index contributed by atoms with van der Waals surface area (Å²) in [5, 5.41) is 20.0. The summed E-state index contributed by atoms with van der Waals surface area (Å²) in [5.74, 6) is -1.26. The van der Waals surface area contributed by atoms with E-state index in [1.807, 2.05) is 6.92 Å². The van der Waals surface area contributed by atoms with Crippen molar-refractivity contribution < 1.29 is 27.8 Å². The maximum absolute atomic E-state index is 17.0. The molecule has 5 aromatic rings. The number of fused-ring (bicyclic) bond motifs is 4. The smallest absolute Gasteiger partial charge is 0.319 e. The van der Waals surface area contributed by atoms with Crippen LogP contribution in [-0.2, 0) is 19.9 Å². The molecule has 2 saturated heterocycles. The highest BCUT2D eigenvalue weighted by molar-refractivity contribution is 6.01. The summed E-state index contributed by atoms with van der Waals surface area (Å²) in [7, 11) is 5.18. The Morgan fingerprint density at radius 3 is 2.81 bits per heavy atom. The average Bonchev–Trinajstić information content (AvgIpc) is 3.77. The number of benzene rings is 2. The first-order valence-corrected chi connectivity index (χ1v) is 17.8. The molecule has 14 heteroatoms. The predicted octanol–water partition coefficient (Wildman–Crippen LogP) is 6.27. The zero-order valence-corrected chi connectivity index (χ0v) is 29.6. The fraction of sp³-hybridized carbons (Fsp3) is 0.447. The lowest BCUT2D eigenvalue weighted by Crippen LogP contribution is -2.43. The molecule has 1 unspecified atom stereocenters. The number of alkyl halides is 1. The summed E-state index contributed by atoms with van der Waals surface area (Å²) in [5.41, 5.74) is 2.00. The number of aromatic nitrogens is 5. The van der Waals surface area contributed by atoms with E-state index in [9.17, 15) is 14.3 Å². The number of aryl methyl sites for hydroxylation is 2. The lowest BCUT2D eigenvalue weighted by atomic mass is 9.91. The lowest BCUT2D eigenvalue weighted by molar-refractivity contribution is 0.0820. The van der Waals surface area contributed by atoms with Crippen molar-refractivity contribution in [2.45, 2.75) is 69.6 Å². The Morgan fingerprint density at radius 2 is 2.02 bits per heavy atom. The van der Waals surface area contributed by atoms with Gasteiger partial charge in [-0.15, -0.1) is 0 Å².